The van der Waals surface area contributed by atoms with Crippen molar-refractivity contribution in [3.63, 3.8) is 0 Å². The Morgan fingerprint density at radius 2 is 2.05 bits per heavy atom. The van der Waals surface area contributed by atoms with Crippen molar-refractivity contribution in [3.05, 3.63) is 45.9 Å². The molecule has 2 aromatic rings. The second-order valence-corrected chi connectivity index (χ2v) is 5.42. The van der Waals surface area contributed by atoms with Crippen LogP contribution in [0, 0.1) is 0 Å². The first-order chi connectivity index (χ1) is 9.31. The van der Waals surface area contributed by atoms with Gasteiger partial charge in [-0.2, -0.15) is 0 Å². The zero-order valence-corrected chi connectivity index (χ0v) is 12.1. The Balaban J connectivity index is 1.85. The minimum atomic E-state index is 0.497. The van der Waals surface area contributed by atoms with E-state index in [9.17, 15) is 0 Å². The van der Waals surface area contributed by atoms with E-state index >= 15 is 0 Å². The van der Waals surface area contributed by atoms with E-state index in [1.165, 1.54) is 18.4 Å². The molecular weight excluding hydrogens is 256 g/mol. The van der Waals surface area contributed by atoms with Gasteiger partial charge in [0.25, 0.3) is 0 Å². The molecule has 0 amide bonds. The van der Waals surface area contributed by atoms with E-state index in [0.717, 1.165) is 22.9 Å². The number of nitrogens with two attached hydrogens (primary N) is 1. The fraction of sp³-hybridized carbons (Fsp3) is 0.400. The molecule has 0 aliphatic heterocycles. The summed E-state index contributed by atoms with van der Waals surface area (Å²) < 4.78 is 5.71. The lowest BCUT2D eigenvalue weighted by Crippen LogP contribution is -1.99. The molecule has 0 atom stereocenters. The third-order valence-corrected chi connectivity index (χ3v) is 3.82. The van der Waals surface area contributed by atoms with Crippen LogP contribution in [-0.2, 0) is 19.6 Å². The van der Waals surface area contributed by atoms with Crippen molar-refractivity contribution in [1.29, 1.82) is 0 Å². The summed E-state index contributed by atoms with van der Waals surface area (Å²) in [5.41, 5.74) is 7.85. The molecule has 19 heavy (non-hydrogen) atoms. The third kappa shape index (κ3) is 4.33. The van der Waals surface area contributed by atoms with Crippen LogP contribution in [0.4, 0.5) is 0 Å². The standard InChI is InChI=1S/C15H20N2OS/c1-2-3-4-12-5-7-14(8-6-12)18-10-13-11-19-15(9-16)17-13/h5-8,11H,2-4,9-10,16H2,1H3. The Labute approximate surface area is 118 Å². The molecule has 4 heteroatoms. The molecule has 0 radical (unpaired) electrons. The van der Waals surface area contributed by atoms with Crippen LogP contribution >= 0.6 is 11.3 Å². The third-order valence-electron chi connectivity index (χ3n) is 2.90. The Kier molecular flexibility index (Phi) is 5.36. The average Bonchev–Trinajstić information content (AvgIpc) is 2.92. The Hall–Kier alpha value is -1.39. The SMILES string of the molecule is CCCCc1ccc(OCc2csc(CN)n2)cc1. The molecule has 0 unspecified atom stereocenters. The number of aryl methyl sites for hydroxylation is 1. The second kappa shape index (κ2) is 7.26. The lowest BCUT2D eigenvalue weighted by atomic mass is 10.1. The number of benzene rings is 1. The molecule has 0 saturated heterocycles. The van der Waals surface area contributed by atoms with Crippen LogP contribution in [0.5, 0.6) is 5.75 Å². The van der Waals surface area contributed by atoms with Gasteiger partial charge in [0.05, 0.1) is 5.69 Å². The number of ether oxygens (including phenoxy) is 1. The monoisotopic (exact) mass is 276 g/mol. The topological polar surface area (TPSA) is 48.1 Å². The maximum absolute atomic E-state index is 5.71. The summed E-state index contributed by atoms with van der Waals surface area (Å²) in [6.45, 7) is 3.21. The number of rotatable bonds is 7. The van der Waals surface area contributed by atoms with E-state index in [1.54, 1.807) is 11.3 Å². The van der Waals surface area contributed by atoms with Gasteiger partial charge < -0.3 is 10.5 Å². The van der Waals surface area contributed by atoms with Crippen molar-refractivity contribution >= 4 is 11.3 Å². The summed E-state index contributed by atoms with van der Waals surface area (Å²) in [5, 5.41) is 2.95. The predicted octanol–water partition coefficient (Wildman–Crippen LogP) is 3.52. The maximum atomic E-state index is 5.71. The number of hydrogen-bond acceptors (Lipinski definition) is 4. The van der Waals surface area contributed by atoms with Crippen LogP contribution in [0.15, 0.2) is 29.6 Å². The van der Waals surface area contributed by atoms with Gasteiger partial charge in [-0.05, 0) is 30.5 Å². The normalized spacial score (nSPS) is 10.6. The summed E-state index contributed by atoms with van der Waals surface area (Å²) in [4.78, 5) is 4.37. The number of aromatic nitrogens is 1. The van der Waals surface area contributed by atoms with E-state index in [0.29, 0.717) is 13.2 Å². The maximum Gasteiger partial charge on any atom is 0.131 e. The molecule has 3 nitrogen and oxygen atoms in total. The zero-order valence-electron chi connectivity index (χ0n) is 11.3. The lowest BCUT2D eigenvalue weighted by Gasteiger charge is -2.05. The molecule has 0 saturated carbocycles. The summed E-state index contributed by atoms with van der Waals surface area (Å²) >= 11 is 1.58. The predicted molar refractivity (Wildman–Crippen MR) is 79.4 cm³/mol. The van der Waals surface area contributed by atoms with E-state index in [4.69, 9.17) is 10.5 Å². The number of thiazole rings is 1. The molecule has 2 N–H and O–H groups in total. The Morgan fingerprint density at radius 3 is 2.68 bits per heavy atom. The van der Waals surface area contributed by atoms with E-state index in [-0.39, 0.29) is 0 Å². The van der Waals surface area contributed by atoms with Crippen LogP contribution in [0.25, 0.3) is 0 Å². The van der Waals surface area contributed by atoms with Gasteiger partial charge in [-0.15, -0.1) is 11.3 Å². The minimum Gasteiger partial charge on any atom is -0.487 e. The van der Waals surface area contributed by atoms with E-state index < -0.39 is 0 Å². The Morgan fingerprint density at radius 1 is 1.26 bits per heavy atom. The molecular formula is C15H20N2OS. The van der Waals surface area contributed by atoms with Crippen molar-refractivity contribution in [2.75, 3.05) is 0 Å². The van der Waals surface area contributed by atoms with Gasteiger partial charge in [0.1, 0.15) is 17.4 Å². The van der Waals surface area contributed by atoms with Crippen LogP contribution in [-0.4, -0.2) is 4.98 Å². The van der Waals surface area contributed by atoms with Gasteiger partial charge in [-0.25, -0.2) is 4.98 Å². The van der Waals surface area contributed by atoms with Crippen molar-refractivity contribution in [3.8, 4) is 5.75 Å². The lowest BCUT2D eigenvalue weighted by molar-refractivity contribution is 0.302. The first-order valence-corrected chi connectivity index (χ1v) is 7.55. The largest absolute Gasteiger partial charge is 0.487 e. The average molecular weight is 276 g/mol. The summed E-state index contributed by atoms with van der Waals surface area (Å²) in [6, 6.07) is 8.33. The highest BCUT2D eigenvalue weighted by Gasteiger charge is 2.02. The molecule has 0 aliphatic carbocycles. The summed E-state index contributed by atoms with van der Waals surface area (Å²) in [7, 11) is 0. The molecule has 0 spiro atoms. The highest BCUT2D eigenvalue weighted by molar-refractivity contribution is 7.09. The van der Waals surface area contributed by atoms with Crippen molar-refractivity contribution in [1.82, 2.24) is 4.98 Å². The molecule has 1 heterocycles. The minimum absolute atomic E-state index is 0.497. The fourth-order valence-electron chi connectivity index (χ4n) is 1.80. The van der Waals surface area contributed by atoms with Gasteiger partial charge in [0, 0.05) is 11.9 Å². The first kappa shape index (κ1) is 14.0. The number of hydrogen-bond donors (Lipinski definition) is 1. The van der Waals surface area contributed by atoms with Crippen LogP contribution in [0.1, 0.15) is 36.0 Å². The van der Waals surface area contributed by atoms with Crippen molar-refractivity contribution in [2.45, 2.75) is 39.3 Å². The van der Waals surface area contributed by atoms with Gasteiger partial charge in [0.2, 0.25) is 0 Å². The molecule has 1 aromatic heterocycles. The smallest absolute Gasteiger partial charge is 0.131 e. The fourth-order valence-corrected chi connectivity index (χ4v) is 2.46. The Bertz CT molecular complexity index is 493. The van der Waals surface area contributed by atoms with Gasteiger partial charge in [-0.3, -0.25) is 0 Å². The van der Waals surface area contributed by atoms with Crippen LogP contribution < -0.4 is 10.5 Å². The number of nitrogens with zero attached hydrogens (tertiary/aromatic N) is 1. The number of unbranched alkanes of at least 4 members (excludes halogenated alkanes) is 1. The first-order valence-electron chi connectivity index (χ1n) is 6.67. The quantitative estimate of drug-likeness (QED) is 0.841. The molecule has 0 bridgehead atoms. The van der Waals surface area contributed by atoms with E-state index in [1.807, 2.05) is 17.5 Å². The molecule has 2 rings (SSSR count). The van der Waals surface area contributed by atoms with Crippen molar-refractivity contribution in [2.24, 2.45) is 5.73 Å². The highest BCUT2D eigenvalue weighted by atomic mass is 32.1. The zero-order chi connectivity index (χ0) is 13.5. The summed E-state index contributed by atoms with van der Waals surface area (Å²) in [5.74, 6) is 0.891. The van der Waals surface area contributed by atoms with Gasteiger partial charge in [-0.1, -0.05) is 25.5 Å². The highest BCUT2D eigenvalue weighted by Crippen LogP contribution is 2.16. The van der Waals surface area contributed by atoms with Crippen molar-refractivity contribution < 1.29 is 4.74 Å². The van der Waals surface area contributed by atoms with Gasteiger partial charge in [0.15, 0.2) is 0 Å². The molecule has 1 aromatic carbocycles. The van der Waals surface area contributed by atoms with Gasteiger partial charge >= 0.3 is 0 Å². The molecule has 102 valence electrons. The molecule has 0 aliphatic rings. The van der Waals surface area contributed by atoms with E-state index in [2.05, 4.69) is 24.0 Å². The van der Waals surface area contributed by atoms with Crippen LogP contribution in [0.3, 0.4) is 0 Å². The summed E-state index contributed by atoms with van der Waals surface area (Å²) in [6.07, 6.45) is 3.61. The molecule has 0 fully saturated rings. The van der Waals surface area contributed by atoms with Crippen LogP contribution in [0.2, 0.25) is 0 Å². The second-order valence-electron chi connectivity index (χ2n) is 4.47.